The summed E-state index contributed by atoms with van der Waals surface area (Å²) in [6.07, 6.45) is 5.92. The van der Waals surface area contributed by atoms with E-state index in [0.717, 1.165) is 38.6 Å². The second kappa shape index (κ2) is 6.67. The van der Waals surface area contributed by atoms with Crippen molar-refractivity contribution in [2.24, 2.45) is 0 Å². The number of aliphatic hydroxyl groups excluding tert-OH is 1. The van der Waals surface area contributed by atoms with Gasteiger partial charge in [-0.3, -0.25) is 0 Å². The molecule has 1 N–H and O–H groups in total. The molecular weight excluding hydrogens is 194 g/mol. The molecule has 15 heavy (non-hydrogen) atoms. The van der Waals surface area contributed by atoms with Gasteiger partial charge in [-0.2, -0.15) is 0 Å². The standard InChI is InChI=1S/C11H21NO3/c1-15-11(14)12-8-4-2-6-10(12)7-3-5-9-13/h10,13H,2-9H2,1H3. The average molecular weight is 215 g/mol. The highest BCUT2D eigenvalue weighted by molar-refractivity contribution is 5.67. The molecule has 1 aliphatic heterocycles. The van der Waals surface area contributed by atoms with Crippen molar-refractivity contribution in [3.63, 3.8) is 0 Å². The van der Waals surface area contributed by atoms with Crippen molar-refractivity contribution in [1.82, 2.24) is 4.90 Å². The van der Waals surface area contributed by atoms with E-state index in [0.29, 0.717) is 6.04 Å². The Labute approximate surface area is 91.2 Å². The van der Waals surface area contributed by atoms with Crippen LogP contribution in [0.15, 0.2) is 0 Å². The number of unbranched alkanes of at least 4 members (excludes halogenated alkanes) is 1. The highest BCUT2D eigenvalue weighted by Crippen LogP contribution is 2.21. The van der Waals surface area contributed by atoms with Crippen LogP contribution in [-0.2, 0) is 4.74 Å². The van der Waals surface area contributed by atoms with Crippen molar-refractivity contribution >= 4 is 6.09 Å². The van der Waals surface area contributed by atoms with Crippen LogP contribution in [0.4, 0.5) is 4.79 Å². The molecule has 1 aliphatic rings. The Balaban J connectivity index is 2.39. The number of ether oxygens (including phenoxy) is 1. The van der Waals surface area contributed by atoms with Crippen LogP contribution in [-0.4, -0.2) is 42.4 Å². The van der Waals surface area contributed by atoms with Gasteiger partial charge in [0.15, 0.2) is 0 Å². The molecule has 1 atom stereocenters. The lowest BCUT2D eigenvalue weighted by Crippen LogP contribution is -2.43. The molecule has 0 bridgehead atoms. The number of piperidine rings is 1. The van der Waals surface area contributed by atoms with E-state index in [2.05, 4.69) is 0 Å². The highest BCUT2D eigenvalue weighted by atomic mass is 16.5. The van der Waals surface area contributed by atoms with Gasteiger partial charge in [-0.15, -0.1) is 0 Å². The van der Waals surface area contributed by atoms with E-state index < -0.39 is 0 Å². The van der Waals surface area contributed by atoms with Gasteiger partial charge in [-0.1, -0.05) is 0 Å². The Morgan fingerprint density at radius 1 is 1.47 bits per heavy atom. The minimum absolute atomic E-state index is 0.205. The summed E-state index contributed by atoms with van der Waals surface area (Å²) in [5, 5.41) is 8.71. The van der Waals surface area contributed by atoms with Crippen LogP contribution >= 0.6 is 0 Å². The SMILES string of the molecule is COC(=O)N1CCCCC1CCCCO. The number of hydrogen-bond acceptors (Lipinski definition) is 3. The minimum Gasteiger partial charge on any atom is -0.453 e. The number of carbonyl (C=O) groups excluding carboxylic acids is 1. The molecule has 1 rings (SSSR count). The number of carbonyl (C=O) groups is 1. The summed E-state index contributed by atoms with van der Waals surface area (Å²) in [4.78, 5) is 13.3. The van der Waals surface area contributed by atoms with Gasteiger partial charge in [-0.05, 0) is 38.5 Å². The Hall–Kier alpha value is -0.770. The lowest BCUT2D eigenvalue weighted by atomic mass is 9.98. The van der Waals surface area contributed by atoms with E-state index in [1.54, 1.807) is 0 Å². The Bertz CT molecular complexity index is 196. The molecule has 0 aliphatic carbocycles. The molecular formula is C11H21NO3. The molecule has 0 aromatic carbocycles. The van der Waals surface area contributed by atoms with E-state index in [1.807, 2.05) is 4.90 Å². The van der Waals surface area contributed by atoms with Crippen LogP contribution in [0.1, 0.15) is 38.5 Å². The molecule has 1 heterocycles. The topological polar surface area (TPSA) is 49.8 Å². The lowest BCUT2D eigenvalue weighted by Gasteiger charge is -2.34. The summed E-state index contributed by atoms with van der Waals surface area (Å²) in [5.41, 5.74) is 0. The van der Waals surface area contributed by atoms with Gasteiger partial charge in [0.2, 0.25) is 0 Å². The summed E-state index contributed by atoms with van der Waals surface area (Å²) in [5.74, 6) is 0. The van der Waals surface area contributed by atoms with Crippen molar-refractivity contribution < 1.29 is 14.6 Å². The molecule has 0 aromatic heterocycles. The molecule has 4 heteroatoms. The molecule has 1 amide bonds. The average Bonchev–Trinajstić information content (AvgIpc) is 2.29. The summed E-state index contributed by atoms with van der Waals surface area (Å²) < 4.78 is 4.76. The monoisotopic (exact) mass is 215 g/mol. The number of nitrogens with zero attached hydrogens (tertiary/aromatic N) is 1. The van der Waals surface area contributed by atoms with Gasteiger partial charge in [0, 0.05) is 19.2 Å². The fraction of sp³-hybridized carbons (Fsp3) is 0.909. The van der Waals surface area contributed by atoms with Crippen molar-refractivity contribution in [1.29, 1.82) is 0 Å². The quantitative estimate of drug-likeness (QED) is 0.727. The zero-order valence-electron chi connectivity index (χ0n) is 9.45. The number of amides is 1. The summed E-state index contributed by atoms with van der Waals surface area (Å²) in [6, 6.07) is 0.317. The predicted octanol–water partition coefficient (Wildman–Crippen LogP) is 1.77. The van der Waals surface area contributed by atoms with Gasteiger partial charge in [-0.25, -0.2) is 4.79 Å². The molecule has 88 valence electrons. The fourth-order valence-corrected chi connectivity index (χ4v) is 2.15. The third-order valence-corrected chi connectivity index (χ3v) is 2.98. The number of rotatable bonds is 4. The van der Waals surface area contributed by atoms with Crippen LogP contribution in [0.25, 0.3) is 0 Å². The van der Waals surface area contributed by atoms with Gasteiger partial charge in [0.1, 0.15) is 0 Å². The molecule has 4 nitrogen and oxygen atoms in total. The van der Waals surface area contributed by atoms with Crippen molar-refractivity contribution in [2.45, 2.75) is 44.6 Å². The van der Waals surface area contributed by atoms with Crippen molar-refractivity contribution in [3.8, 4) is 0 Å². The van der Waals surface area contributed by atoms with Crippen molar-refractivity contribution in [2.75, 3.05) is 20.3 Å². The van der Waals surface area contributed by atoms with Gasteiger partial charge in [0.25, 0.3) is 0 Å². The van der Waals surface area contributed by atoms with Crippen LogP contribution < -0.4 is 0 Å². The number of likely N-dealkylation sites (tertiary alicyclic amines) is 1. The van der Waals surface area contributed by atoms with Crippen molar-refractivity contribution in [3.05, 3.63) is 0 Å². The van der Waals surface area contributed by atoms with E-state index in [1.165, 1.54) is 13.5 Å². The van der Waals surface area contributed by atoms with E-state index >= 15 is 0 Å². The smallest absolute Gasteiger partial charge is 0.409 e. The summed E-state index contributed by atoms with van der Waals surface area (Å²) >= 11 is 0. The third-order valence-electron chi connectivity index (χ3n) is 2.98. The normalized spacial score (nSPS) is 21.5. The van der Waals surface area contributed by atoms with E-state index in [4.69, 9.17) is 9.84 Å². The molecule has 0 spiro atoms. The lowest BCUT2D eigenvalue weighted by molar-refractivity contribution is 0.0856. The van der Waals surface area contributed by atoms with Gasteiger partial charge in [0.05, 0.1) is 7.11 Å². The zero-order valence-corrected chi connectivity index (χ0v) is 9.45. The molecule has 0 saturated carbocycles. The summed E-state index contributed by atoms with van der Waals surface area (Å²) in [6.45, 7) is 1.06. The van der Waals surface area contributed by atoms with E-state index in [9.17, 15) is 4.79 Å². The number of hydrogen-bond donors (Lipinski definition) is 1. The Morgan fingerprint density at radius 3 is 2.93 bits per heavy atom. The maximum absolute atomic E-state index is 11.5. The fourth-order valence-electron chi connectivity index (χ4n) is 2.15. The molecule has 1 saturated heterocycles. The molecule has 0 aromatic rings. The first kappa shape index (κ1) is 12.3. The second-order valence-electron chi connectivity index (χ2n) is 4.03. The molecule has 1 fully saturated rings. The molecule has 0 radical (unpaired) electrons. The highest BCUT2D eigenvalue weighted by Gasteiger charge is 2.26. The van der Waals surface area contributed by atoms with Crippen LogP contribution in [0.2, 0.25) is 0 Å². The number of methoxy groups -OCH3 is 1. The first-order valence-electron chi connectivity index (χ1n) is 5.75. The first-order valence-corrected chi connectivity index (χ1v) is 5.75. The Morgan fingerprint density at radius 2 is 2.27 bits per heavy atom. The third kappa shape index (κ3) is 3.70. The van der Waals surface area contributed by atoms with Gasteiger partial charge < -0.3 is 14.7 Å². The molecule has 1 unspecified atom stereocenters. The number of aliphatic hydroxyl groups is 1. The van der Waals surface area contributed by atoms with Crippen LogP contribution in [0.5, 0.6) is 0 Å². The first-order chi connectivity index (χ1) is 7.29. The zero-order chi connectivity index (χ0) is 11.1. The van der Waals surface area contributed by atoms with Crippen LogP contribution in [0, 0.1) is 0 Å². The largest absolute Gasteiger partial charge is 0.453 e. The minimum atomic E-state index is -0.205. The maximum Gasteiger partial charge on any atom is 0.409 e. The van der Waals surface area contributed by atoms with Crippen LogP contribution in [0.3, 0.4) is 0 Å². The summed E-state index contributed by atoms with van der Waals surface area (Å²) in [7, 11) is 1.43. The van der Waals surface area contributed by atoms with Gasteiger partial charge >= 0.3 is 6.09 Å². The van der Waals surface area contributed by atoms with E-state index in [-0.39, 0.29) is 12.7 Å². The Kier molecular flexibility index (Phi) is 5.47. The maximum atomic E-state index is 11.5. The predicted molar refractivity (Wildman–Crippen MR) is 57.7 cm³/mol. The second-order valence-corrected chi connectivity index (χ2v) is 4.03.